The average Bonchev–Trinajstić information content (AvgIpc) is 2.97. The minimum absolute atomic E-state index is 0.0747. The highest BCUT2D eigenvalue weighted by atomic mass is 16.2. The van der Waals surface area contributed by atoms with Crippen LogP contribution in [0.15, 0.2) is 24.3 Å². The Morgan fingerprint density at radius 2 is 2.10 bits per heavy atom. The molecule has 0 spiro atoms. The molecule has 0 aromatic heterocycles. The van der Waals surface area contributed by atoms with Crippen LogP contribution < -0.4 is 0 Å². The van der Waals surface area contributed by atoms with Crippen LogP contribution in [-0.4, -0.2) is 23.9 Å². The van der Waals surface area contributed by atoms with Gasteiger partial charge in [-0.15, -0.1) is 6.58 Å². The smallest absolute Gasteiger partial charge is 0.225 e. The first-order valence-electron chi connectivity index (χ1n) is 7.83. The quantitative estimate of drug-likeness (QED) is 0.601. The molecule has 1 amide bonds. The molecule has 0 saturated heterocycles. The van der Waals surface area contributed by atoms with Crippen molar-refractivity contribution in [3.05, 3.63) is 24.3 Å². The van der Waals surface area contributed by atoms with Gasteiger partial charge < -0.3 is 4.90 Å². The number of carbonyl (C=O) groups excluding carboxylic acids is 1. The number of rotatable bonds is 8. The van der Waals surface area contributed by atoms with Gasteiger partial charge in [0.1, 0.15) is 0 Å². The van der Waals surface area contributed by atoms with Crippen molar-refractivity contribution in [1.29, 1.82) is 0 Å². The van der Waals surface area contributed by atoms with E-state index in [-0.39, 0.29) is 11.8 Å². The SMILES string of the molecule is C=CCN(C[C@@H]1C[C@]1(C)CCC=C(C)C)C(=O)C(C)C. The molecule has 1 saturated carbocycles. The molecule has 0 unspecified atom stereocenters. The Kier molecular flexibility index (Phi) is 6.04. The summed E-state index contributed by atoms with van der Waals surface area (Å²) in [6.07, 6.45) is 7.81. The van der Waals surface area contributed by atoms with Crippen molar-refractivity contribution in [2.75, 3.05) is 13.1 Å². The number of hydrogen-bond acceptors (Lipinski definition) is 1. The molecule has 0 aromatic carbocycles. The fraction of sp³-hybridized carbons (Fsp3) is 0.722. The van der Waals surface area contributed by atoms with Gasteiger partial charge in [0.2, 0.25) is 5.91 Å². The highest BCUT2D eigenvalue weighted by Crippen LogP contribution is 2.55. The van der Waals surface area contributed by atoms with Crippen molar-refractivity contribution < 1.29 is 4.79 Å². The van der Waals surface area contributed by atoms with Gasteiger partial charge in [-0.05, 0) is 44.4 Å². The van der Waals surface area contributed by atoms with Crippen LogP contribution in [0.1, 0.15) is 53.9 Å². The third-order valence-electron chi connectivity index (χ3n) is 4.40. The van der Waals surface area contributed by atoms with E-state index < -0.39 is 0 Å². The van der Waals surface area contributed by atoms with Crippen molar-refractivity contribution >= 4 is 5.91 Å². The maximum atomic E-state index is 12.2. The van der Waals surface area contributed by atoms with E-state index in [0.717, 1.165) is 13.0 Å². The third-order valence-corrected chi connectivity index (χ3v) is 4.40. The lowest BCUT2D eigenvalue weighted by molar-refractivity contribution is -0.134. The van der Waals surface area contributed by atoms with Crippen molar-refractivity contribution in [3.63, 3.8) is 0 Å². The number of hydrogen-bond donors (Lipinski definition) is 0. The predicted molar refractivity (Wildman–Crippen MR) is 86.5 cm³/mol. The van der Waals surface area contributed by atoms with E-state index in [1.54, 1.807) is 0 Å². The lowest BCUT2D eigenvalue weighted by Crippen LogP contribution is -2.36. The highest BCUT2D eigenvalue weighted by molar-refractivity contribution is 5.78. The second-order valence-corrected chi connectivity index (χ2v) is 7.06. The van der Waals surface area contributed by atoms with Crippen molar-refractivity contribution in [2.24, 2.45) is 17.3 Å². The Morgan fingerprint density at radius 3 is 2.60 bits per heavy atom. The first-order valence-corrected chi connectivity index (χ1v) is 7.83. The van der Waals surface area contributed by atoms with Crippen LogP contribution in [0.3, 0.4) is 0 Å². The normalized spacial score (nSPS) is 24.4. The Labute approximate surface area is 124 Å². The lowest BCUT2D eigenvalue weighted by atomic mass is 9.98. The summed E-state index contributed by atoms with van der Waals surface area (Å²) < 4.78 is 0. The molecule has 0 aromatic rings. The molecule has 1 aliphatic carbocycles. The van der Waals surface area contributed by atoms with E-state index in [9.17, 15) is 4.79 Å². The van der Waals surface area contributed by atoms with E-state index in [1.807, 2.05) is 24.8 Å². The molecule has 0 N–H and O–H groups in total. The van der Waals surface area contributed by atoms with Gasteiger partial charge >= 0.3 is 0 Å². The first kappa shape index (κ1) is 17.0. The van der Waals surface area contributed by atoms with Crippen LogP contribution in [0.2, 0.25) is 0 Å². The lowest BCUT2D eigenvalue weighted by Gasteiger charge is -2.24. The van der Waals surface area contributed by atoms with Crippen molar-refractivity contribution in [2.45, 2.75) is 53.9 Å². The zero-order valence-electron chi connectivity index (χ0n) is 13.9. The van der Waals surface area contributed by atoms with Gasteiger partial charge in [-0.1, -0.05) is 38.5 Å². The molecule has 20 heavy (non-hydrogen) atoms. The molecule has 0 bridgehead atoms. The molecule has 0 radical (unpaired) electrons. The fourth-order valence-electron chi connectivity index (χ4n) is 2.83. The largest absolute Gasteiger partial charge is 0.338 e. The second-order valence-electron chi connectivity index (χ2n) is 7.06. The molecule has 2 nitrogen and oxygen atoms in total. The summed E-state index contributed by atoms with van der Waals surface area (Å²) in [6, 6.07) is 0. The van der Waals surface area contributed by atoms with Crippen LogP contribution in [0.4, 0.5) is 0 Å². The summed E-state index contributed by atoms with van der Waals surface area (Å²) >= 11 is 0. The van der Waals surface area contributed by atoms with E-state index in [1.165, 1.54) is 18.4 Å². The molecule has 0 heterocycles. The molecule has 114 valence electrons. The summed E-state index contributed by atoms with van der Waals surface area (Å²) in [4.78, 5) is 14.2. The number of amides is 1. The van der Waals surface area contributed by atoms with Crippen molar-refractivity contribution in [3.8, 4) is 0 Å². The Hall–Kier alpha value is -1.05. The van der Waals surface area contributed by atoms with Crippen LogP contribution >= 0.6 is 0 Å². The summed E-state index contributed by atoms with van der Waals surface area (Å²) in [7, 11) is 0. The molecule has 1 rings (SSSR count). The predicted octanol–water partition coefficient (Wildman–Crippen LogP) is 4.43. The molecule has 2 atom stereocenters. The van der Waals surface area contributed by atoms with Gasteiger partial charge in [-0.25, -0.2) is 0 Å². The van der Waals surface area contributed by atoms with Crippen LogP contribution in [0.25, 0.3) is 0 Å². The van der Waals surface area contributed by atoms with Crippen molar-refractivity contribution in [1.82, 2.24) is 4.90 Å². The van der Waals surface area contributed by atoms with Crippen LogP contribution in [-0.2, 0) is 4.79 Å². The molecule has 1 aliphatic rings. The summed E-state index contributed by atoms with van der Waals surface area (Å²) in [5.41, 5.74) is 1.83. The van der Waals surface area contributed by atoms with Crippen LogP contribution in [0, 0.1) is 17.3 Å². The summed E-state index contributed by atoms with van der Waals surface area (Å²) in [5.74, 6) is 0.991. The number of allylic oxidation sites excluding steroid dienone is 2. The minimum atomic E-state index is 0.0747. The maximum absolute atomic E-state index is 12.2. The van der Waals surface area contributed by atoms with Gasteiger partial charge in [0.05, 0.1) is 0 Å². The minimum Gasteiger partial charge on any atom is -0.338 e. The average molecular weight is 277 g/mol. The van der Waals surface area contributed by atoms with Gasteiger partial charge in [0.15, 0.2) is 0 Å². The molecule has 1 fully saturated rings. The topological polar surface area (TPSA) is 20.3 Å². The number of carbonyl (C=O) groups is 1. The first-order chi connectivity index (χ1) is 9.30. The maximum Gasteiger partial charge on any atom is 0.225 e. The third kappa shape index (κ3) is 4.81. The van der Waals surface area contributed by atoms with E-state index in [0.29, 0.717) is 17.9 Å². The summed E-state index contributed by atoms with van der Waals surface area (Å²) in [5, 5.41) is 0. The molecular weight excluding hydrogens is 246 g/mol. The standard InChI is InChI=1S/C18H31NO/c1-7-11-19(17(20)15(4)5)13-16-12-18(16,6)10-8-9-14(2)3/h7,9,15-16H,1,8,10-13H2,2-6H3/t16-,18-/m0/s1. The van der Waals surface area contributed by atoms with E-state index in [2.05, 4.69) is 33.4 Å². The van der Waals surface area contributed by atoms with E-state index in [4.69, 9.17) is 0 Å². The Bertz CT molecular complexity index is 379. The fourth-order valence-corrected chi connectivity index (χ4v) is 2.83. The second kappa shape index (κ2) is 7.10. The Balaban J connectivity index is 2.49. The van der Waals surface area contributed by atoms with Crippen LogP contribution in [0.5, 0.6) is 0 Å². The van der Waals surface area contributed by atoms with Gasteiger partial charge in [0, 0.05) is 19.0 Å². The van der Waals surface area contributed by atoms with Gasteiger partial charge in [-0.2, -0.15) is 0 Å². The molecule has 0 aliphatic heterocycles. The zero-order valence-corrected chi connectivity index (χ0v) is 13.9. The van der Waals surface area contributed by atoms with Gasteiger partial charge in [-0.3, -0.25) is 4.79 Å². The van der Waals surface area contributed by atoms with Gasteiger partial charge in [0.25, 0.3) is 0 Å². The van der Waals surface area contributed by atoms with E-state index >= 15 is 0 Å². The highest BCUT2D eigenvalue weighted by Gasteiger charge is 2.49. The zero-order chi connectivity index (χ0) is 15.3. The monoisotopic (exact) mass is 277 g/mol. The Morgan fingerprint density at radius 1 is 1.45 bits per heavy atom. The summed E-state index contributed by atoms with van der Waals surface area (Å²) in [6.45, 7) is 16.0. The number of nitrogens with zero attached hydrogens (tertiary/aromatic N) is 1. The molecule has 2 heteroatoms. The molecular formula is C18H31NO.